The number of aromatic nitrogens is 2. The molecule has 0 spiro atoms. The van der Waals surface area contributed by atoms with Gasteiger partial charge in [-0.3, -0.25) is 9.52 Å². The Morgan fingerprint density at radius 3 is 2.69 bits per heavy atom. The maximum absolute atomic E-state index is 11.4. The molecule has 0 saturated heterocycles. The standard InChI is InChI=1S/C7H8BrN3O4S/c1-15-7(12)4-16(13,14)11-6-3-9-5(8)2-10-6/h2-3H,4H2,1H3,(H,10,11). The number of hydrogen-bond donors (Lipinski definition) is 1. The smallest absolute Gasteiger partial charge is 0.322 e. The molecule has 0 aliphatic heterocycles. The summed E-state index contributed by atoms with van der Waals surface area (Å²) < 4.78 is 29.5. The van der Waals surface area contributed by atoms with Gasteiger partial charge in [-0.2, -0.15) is 0 Å². The number of methoxy groups -OCH3 is 1. The molecule has 0 aliphatic rings. The molecule has 1 aromatic rings. The molecule has 1 N–H and O–H groups in total. The number of carbonyl (C=O) groups is 1. The second-order valence-electron chi connectivity index (χ2n) is 2.66. The Morgan fingerprint density at radius 2 is 2.19 bits per heavy atom. The lowest BCUT2D eigenvalue weighted by atomic mass is 10.7. The van der Waals surface area contributed by atoms with Crippen molar-refractivity contribution in [1.82, 2.24) is 9.97 Å². The van der Waals surface area contributed by atoms with Crippen LogP contribution < -0.4 is 4.72 Å². The molecule has 0 bridgehead atoms. The van der Waals surface area contributed by atoms with Gasteiger partial charge in [-0.1, -0.05) is 0 Å². The largest absolute Gasteiger partial charge is 0.468 e. The van der Waals surface area contributed by atoms with Gasteiger partial charge in [0.05, 0.1) is 19.5 Å². The molecule has 0 aliphatic carbocycles. The number of rotatable bonds is 4. The van der Waals surface area contributed by atoms with Gasteiger partial charge in [-0.25, -0.2) is 18.4 Å². The summed E-state index contributed by atoms with van der Waals surface area (Å²) in [6.45, 7) is 0. The predicted molar refractivity (Wildman–Crippen MR) is 59.2 cm³/mol. The summed E-state index contributed by atoms with van der Waals surface area (Å²) in [5.74, 6) is -1.58. The number of nitrogens with zero attached hydrogens (tertiary/aromatic N) is 2. The van der Waals surface area contributed by atoms with Gasteiger partial charge >= 0.3 is 5.97 Å². The van der Waals surface area contributed by atoms with E-state index in [4.69, 9.17) is 0 Å². The first kappa shape index (κ1) is 12.8. The third-order valence-corrected chi connectivity index (χ3v) is 2.96. The molecular formula is C7H8BrN3O4S. The van der Waals surface area contributed by atoms with Crippen LogP contribution in [0.5, 0.6) is 0 Å². The number of anilines is 1. The maximum atomic E-state index is 11.4. The zero-order valence-electron chi connectivity index (χ0n) is 8.18. The van der Waals surface area contributed by atoms with E-state index >= 15 is 0 Å². The van der Waals surface area contributed by atoms with Crippen LogP contribution in [0.15, 0.2) is 17.0 Å². The lowest BCUT2D eigenvalue weighted by molar-refractivity contribution is -0.137. The normalized spacial score (nSPS) is 10.9. The van der Waals surface area contributed by atoms with Crippen LogP contribution >= 0.6 is 15.9 Å². The molecule has 7 nitrogen and oxygen atoms in total. The summed E-state index contributed by atoms with van der Waals surface area (Å²) in [7, 11) is -2.69. The van der Waals surface area contributed by atoms with Crippen LogP contribution in [0.3, 0.4) is 0 Å². The van der Waals surface area contributed by atoms with E-state index in [0.717, 1.165) is 7.11 Å². The van der Waals surface area contributed by atoms with Gasteiger partial charge in [0.15, 0.2) is 11.6 Å². The van der Waals surface area contributed by atoms with Crippen LogP contribution in [0.4, 0.5) is 5.82 Å². The highest BCUT2D eigenvalue weighted by Gasteiger charge is 2.17. The Bertz CT molecular complexity index is 473. The number of sulfonamides is 1. The zero-order valence-corrected chi connectivity index (χ0v) is 10.6. The van der Waals surface area contributed by atoms with Gasteiger partial charge in [-0.05, 0) is 15.9 Å². The van der Waals surface area contributed by atoms with Gasteiger partial charge in [0.2, 0.25) is 10.0 Å². The number of halogens is 1. The van der Waals surface area contributed by atoms with Crippen LogP contribution in [0.25, 0.3) is 0 Å². The summed E-state index contributed by atoms with van der Waals surface area (Å²) >= 11 is 3.05. The molecule has 88 valence electrons. The van der Waals surface area contributed by atoms with Crippen LogP contribution in [0.1, 0.15) is 0 Å². The van der Waals surface area contributed by atoms with Gasteiger partial charge in [0.25, 0.3) is 0 Å². The quantitative estimate of drug-likeness (QED) is 0.795. The average molecular weight is 310 g/mol. The van der Waals surface area contributed by atoms with E-state index in [0.29, 0.717) is 4.60 Å². The molecular weight excluding hydrogens is 302 g/mol. The van der Waals surface area contributed by atoms with E-state index in [9.17, 15) is 13.2 Å². The molecule has 0 amide bonds. The van der Waals surface area contributed by atoms with Gasteiger partial charge in [0, 0.05) is 0 Å². The van der Waals surface area contributed by atoms with E-state index in [1.54, 1.807) is 0 Å². The maximum Gasteiger partial charge on any atom is 0.322 e. The molecule has 0 aromatic carbocycles. The molecule has 16 heavy (non-hydrogen) atoms. The minimum atomic E-state index is -3.80. The van der Waals surface area contributed by atoms with E-state index in [1.165, 1.54) is 12.4 Å². The highest BCUT2D eigenvalue weighted by molar-refractivity contribution is 9.10. The second kappa shape index (κ2) is 5.21. The van der Waals surface area contributed by atoms with Crippen molar-refractivity contribution in [2.45, 2.75) is 0 Å². The third kappa shape index (κ3) is 4.11. The molecule has 1 heterocycles. The molecule has 0 fully saturated rings. The van der Waals surface area contributed by atoms with E-state index in [-0.39, 0.29) is 5.82 Å². The third-order valence-electron chi connectivity index (χ3n) is 1.42. The Hall–Kier alpha value is -1.22. The molecule has 9 heteroatoms. The molecule has 0 atom stereocenters. The second-order valence-corrected chi connectivity index (χ2v) is 5.20. The van der Waals surface area contributed by atoms with E-state index < -0.39 is 21.7 Å². The first-order valence-corrected chi connectivity index (χ1v) is 6.42. The fourth-order valence-electron chi connectivity index (χ4n) is 0.774. The Labute approximate surface area is 100 Å². The van der Waals surface area contributed by atoms with Crippen LogP contribution in [0, 0.1) is 0 Å². The molecule has 1 aromatic heterocycles. The first-order chi connectivity index (χ1) is 7.43. The summed E-state index contributed by atoms with van der Waals surface area (Å²) in [4.78, 5) is 18.3. The SMILES string of the molecule is COC(=O)CS(=O)(=O)Nc1cnc(Br)cn1. The lowest BCUT2D eigenvalue weighted by Crippen LogP contribution is -2.24. The van der Waals surface area contributed by atoms with Crippen molar-refractivity contribution in [3.8, 4) is 0 Å². The minimum Gasteiger partial charge on any atom is -0.468 e. The van der Waals surface area contributed by atoms with Crippen molar-refractivity contribution in [2.24, 2.45) is 0 Å². The van der Waals surface area contributed by atoms with E-state index in [2.05, 4.69) is 35.4 Å². The van der Waals surface area contributed by atoms with Gasteiger partial charge in [-0.15, -0.1) is 0 Å². The van der Waals surface area contributed by atoms with Crippen molar-refractivity contribution in [2.75, 3.05) is 17.6 Å². The fraction of sp³-hybridized carbons (Fsp3) is 0.286. The van der Waals surface area contributed by atoms with Gasteiger partial charge in [0.1, 0.15) is 4.60 Å². The minimum absolute atomic E-state index is 0.0344. The van der Waals surface area contributed by atoms with Gasteiger partial charge < -0.3 is 4.74 Å². The number of ether oxygens (including phenoxy) is 1. The van der Waals surface area contributed by atoms with Crippen LogP contribution in [0.2, 0.25) is 0 Å². The predicted octanol–water partition coefficient (Wildman–Crippen LogP) is 0.154. The summed E-state index contributed by atoms with van der Waals surface area (Å²) in [5.41, 5.74) is 0. The Kier molecular flexibility index (Phi) is 4.19. The zero-order chi connectivity index (χ0) is 12.2. The number of esters is 1. The number of hydrogen-bond acceptors (Lipinski definition) is 6. The molecule has 0 radical (unpaired) electrons. The summed E-state index contributed by atoms with van der Waals surface area (Å²) in [5, 5.41) is 0. The molecule has 0 unspecified atom stereocenters. The van der Waals surface area contributed by atoms with Crippen LogP contribution in [-0.4, -0.2) is 37.2 Å². The highest BCUT2D eigenvalue weighted by Crippen LogP contribution is 2.07. The van der Waals surface area contributed by atoms with E-state index in [1.807, 2.05) is 0 Å². The summed E-state index contributed by atoms with van der Waals surface area (Å²) in [6.07, 6.45) is 2.55. The fourth-order valence-corrected chi connectivity index (χ4v) is 1.90. The van der Waals surface area contributed by atoms with Crippen molar-refractivity contribution in [3.63, 3.8) is 0 Å². The Balaban J connectivity index is 2.73. The monoisotopic (exact) mass is 309 g/mol. The lowest BCUT2D eigenvalue weighted by Gasteiger charge is -2.05. The molecule has 1 rings (SSSR count). The highest BCUT2D eigenvalue weighted by atomic mass is 79.9. The average Bonchev–Trinajstić information content (AvgIpc) is 2.20. The van der Waals surface area contributed by atoms with Crippen molar-refractivity contribution < 1.29 is 17.9 Å². The van der Waals surface area contributed by atoms with Crippen molar-refractivity contribution in [1.29, 1.82) is 0 Å². The number of nitrogens with one attached hydrogen (secondary N) is 1. The first-order valence-electron chi connectivity index (χ1n) is 3.98. The Morgan fingerprint density at radius 1 is 1.50 bits per heavy atom. The topological polar surface area (TPSA) is 98.2 Å². The summed E-state index contributed by atoms with van der Waals surface area (Å²) in [6, 6.07) is 0. The van der Waals surface area contributed by atoms with Crippen LogP contribution in [-0.2, 0) is 19.6 Å². The molecule has 0 saturated carbocycles. The van der Waals surface area contributed by atoms with Crippen molar-refractivity contribution in [3.05, 3.63) is 17.0 Å². The number of carbonyl (C=O) groups excluding carboxylic acids is 1. The van der Waals surface area contributed by atoms with Crippen molar-refractivity contribution >= 4 is 37.7 Å².